The molecule has 4 rings (SSSR count). The van der Waals surface area contributed by atoms with Crippen molar-refractivity contribution in [1.82, 2.24) is 9.55 Å². The molecule has 5 heteroatoms. The van der Waals surface area contributed by atoms with Crippen molar-refractivity contribution in [3.8, 4) is 0 Å². The van der Waals surface area contributed by atoms with Crippen LogP contribution in [0.3, 0.4) is 0 Å². The first-order chi connectivity index (χ1) is 10.2. The molecule has 1 aliphatic rings. The number of carbonyl (C=O) groups is 1. The molecular formula is C16H14BrN3O. The van der Waals surface area contributed by atoms with Gasteiger partial charge in [-0.1, -0.05) is 0 Å². The lowest BCUT2D eigenvalue weighted by Crippen LogP contribution is -2.16. The first-order valence-corrected chi connectivity index (χ1v) is 7.76. The summed E-state index contributed by atoms with van der Waals surface area (Å²) in [5, 5.41) is 4.07. The monoisotopic (exact) mass is 343 g/mol. The van der Waals surface area contributed by atoms with Gasteiger partial charge in [-0.05, 0) is 59.1 Å². The molecule has 0 radical (unpaired) electrons. The van der Waals surface area contributed by atoms with Crippen LogP contribution < -0.4 is 5.32 Å². The van der Waals surface area contributed by atoms with Crippen LogP contribution in [-0.2, 0) is 0 Å². The quantitative estimate of drug-likeness (QED) is 0.730. The van der Waals surface area contributed by atoms with Gasteiger partial charge >= 0.3 is 0 Å². The number of hydrogen-bond acceptors (Lipinski definition) is 1. The lowest BCUT2D eigenvalue weighted by molar-refractivity contribution is 0.101. The van der Waals surface area contributed by atoms with Crippen LogP contribution in [0.1, 0.15) is 29.4 Å². The van der Waals surface area contributed by atoms with E-state index >= 15 is 0 Å². The number of carbonyl (C=O) groups excluding carboxylic acids is 1. The van der Waals surface area contributed by atoms with Gasteiger partial charge in [-0.3, -0.25) is 4.79 Å². The summed E-state index contributed by atoms with van der Waals surface area (Å²) in [6, 6.07) is 10.2. The van der Waals surface area contributed by atoms with Gasteiger partial charge in [0, 0.05) is 39.5 Å². The Morgan fingerprint density at radius 2 is 2.14 bits per heavy atom. The number of hydrogen-bond donors (Lipinski definition) is 2. The maximum Gasteiger partial charge on any atom is 0.272 e. The zero-order valence-corrected chi connectivity index (χ0v) is 12.9. The summed E-state index contributed by atoms with van der Waals surface area (Å²) in [4.78, 5) is 15.6. The molecule has 1 aliphatic carbocycles. The number of anilines is 1. The average molecular weight is 344 g/mol. The zero-order valence-electron chi connectivity index (χ0n) is 11.3. The molecule has 2 aromatic heterocycles. The number of amides is 1. The predicted octanol–water partition coefficient (Wildman–Crippen LogP) is 4.32. The Bertz CT molecular complexity index is 829. The van der Waals surface area contributed by atoms with E-state index in [0.29, 0.717) is 11.7 Å². The van der Waals surface area contributed by atoms with Crippen molar-refractivity contribution in [2.75, 3.05) is 5.32 Å². The van der Waals surface area contributed by atoms with E-state index in [0.717, 1.165) is 33.9 Å². The summed E-state index contributed by atoms with van der Waals surface area (Å²) in [6.07, 6.45) is 6.18. The number of aromatic nitrogens is 2. The highest BCUT2D eigenvalue weighted by molar-refractivity contribution is 9.10. The van der Waals surface area contributed by atoms with Crippen LogP contribution in [0, 0.1) is 0 Å². The van der Waals surface area contributed by atoms with E-state index in [9.17, 15) is 4.79 Å². The van der Waals surface area contributed by atoms with Crippen molar-refractivity contribution in [2.24, 2.45) is 0 Å². The predicted molar refractivity (Wildman–Crippen MR) is 86.7 cm³/mol. The fourth-order valence-corrected chi connectivity index (χ4v) is 3.05. The van der Waals surface area contributed by atoms with E-state index in [4.69, 9.17) is 0 Å². The van der Waals surface area contributed by atoms with Crippen LogP contribution in [0.2, 0.25) is 0 Å². The molecule has 1 aromatic carbocycles. The molecule has 0 spiro atoms. The molecule has 1 saturated carbocycles. The summed E-state index contributed by atoms with van der Waals surface area (Å²) in [5.41, 5.74) is 2.59. The molecule has 0 atom stereocenters. The summed E-state index contributed by atoms with van der Waals surface area (Å²) in [7, 11) is 0. The van der Waals surface area contributed by atoms with Gasteiger partial charge in [-0.25, -0.2) is 0 Å². The molecule has 0 bridgehead atoms. The normalized spacial score (nSPS) is 14.5. The third-order valence-corrected chi connectivity index (χ3v) is 4.23. The topological polar surface area (TPSA) is 49.8 Å². The summed E-state index contributed by atoms with van der Waals surface area (Å²) in [5.74, 6) is -0.0671. The molecule has 2 N–H and O–H groups in total. The highest BCUT2D eigenvalue weighted by Gasteiger charge is 2.27. The Labute approximate surface area is 130 Å². The molecular weight excluding hydrogens is 330 g/mol. The minimum absolute atomic E-state index is 0.0671. The van der Waals surface area contributed by atoms with Crippen molar-refractivity contribution in [2.45, 2.75) is 18.9 Å². The Balaban J connectivity index is 1.62. The minimum atomic E-state index is -0.0671. The van der Waals surface area contributed by atoms with Gasteiger partial charge in [0.2, 0.25) is 0 Å². The third kappa shape index (κ3) is 2.38. The summed E-state index contributed by atoms with van der Waals surface area (Å²) < 4.78 is 3.01. The second-order valence-electron chi connectivity index (χ2n) is 5.42. The fraction of sp³-hybridized carbons (Fsp3) is 0.188. The fourth-order valence-electron chi connectivity index (χ4n) is 2.61. The first kappa shape index (κ1) is 12.7. The molecule has 2 heterocycles. The number of aromatic amines is 1. The number of fused-ring (bicyclic) bond motifs is 1. The summed E-state index contributed by atoms with van der Waals surface area (Å²) >= 11 is 3.46. The standard InChI is InChI=1S/C16H14BrN3O/c17-11-8-15(20(9-11)13-2-3-13)16(21)19-12-1-4-14-10(7-12)5-6-18-14/h1,4-9,13,18H,2-3H2,(H,19,21). The number of nitrogens with one attached hydrogen (secondary N) is 2. The van der Waals surface area contributed by atoms with Crippen molar-refractivity contribution >= 4 is 38.4 Å². The average Bonchev–Trinajstić information content (AvgIpc) is 3.07. The van der Waals surface area contributed by atoms with Crippen molar-refractivity contribution in [3.63, 3.8) is 0 Å². The van der Waals surface area contributed by atoms with Crippen LogP contribution in [0.15, 0.2) is 47.2 Å². The van der Waals surface area contributed by atoms with Crippen LogP contribution in [-0.4, -0.2) is 15.5 Å². The van der Waals surface area contributed by atoms with Crippen molar-refractivity contribution in [1.29, 1.82) is 0 Å². The Kier molecular flexibility index (Phi) is 2.89. The molecule has 21 heavy (non-hydrogen) atoms. The van der Waals surface area contributed by atoms with E-state index < -0.39 is 0 Å². The zero-order chi connectivity index (χ0) is 14.4. The molecule has 1 fully saturated rings. The Hall–Kier alpha value is -2.01. The van der Waals surface area contributed by atoms with E-state index in [1.54, 1.807) is 0 Å². The van der Waals surface area contributed by atoms with Gasteiger partial charge in [0.25, 0.3) is 5.91 Å². The second kappa shape index (κ2) is 4.77. The second-order valence-corrected chi connectivity index (χ2v) is 6.33. The largest absolute Gasteiger partial charge is 0.361 e. The van der Waals surface area contributed by atoms with Crippen molar-refractivity contribution in [3.05, 3.63) is 52.9 Å². The molecule has 4 nitrogen and oxygen atoms in total. The number of rotatable bonds is 3. The molecule has 0 saturated heterocycles. The van der Waals surface area contributed by atoms with Crippen molar-refractivity contribution < 1.29 is 4.79 Å². The van der Waals surface area contributed by atoms with E-state index in [1.807, 2.05) is 42.7 Å². The molecule has 0 aliphatic heterocycles. The maximum absolute atomic E-state index is 12.5. The van der Waals surface area contributed by atoms with E-state index in [-0.39, 0.29) is 5.91 Å². The first-order valence-electron chi connectivity index (χ1n) is 6.96. The molecule has 0 unspecified atom stereocenters. The molecule has 3 aromatic rings. The Morgan fingerprint density at radius 1 is 1.29 bits per heavy atom. The minimum Gasteiger partial charge on any atom is -0.361 e. The van der Waals surface area contributed by atoms with Gasteiger partial charge in [0.15, 0.2) is 0 Å². The van der Waals surface area contributed by atoms with Gasteiger partial charge in [0.1, 0.15) is 5.69 Å². The number of H-pyrrole nitrogens is 1. The number of benzene rings is 1. The SMILES string of the molecule is O=C(Nc1ccc2[nH]ccc2c1)c1cc(Br)cn1C1CC1. The maximum atomic E-state index is 12.5. The van der Waals surface area contributed by atoms with Gasteiger partial charge in [-0.2, -0.15) is 0 Å². The highest BCUT2D eigenvalue weighted by Crippen LogP contribution is 2.37. The van der Waals surface area contributed by atoms with Crippen LogP contribution in [0.25, 0.3) is 10.9 Å². The van der Waals surface area contributed by atoms with Gasteiger partial charge in [0.05, 0.1) is 0 Å². The van der Waals surface area contributed by atoms with Crippen LogP contribution in [0.4, 0.5) is 5.69 Å². The van der Waals surface area contributed by atoms with Crippen LogP contribution >= 0.6 is 15.9 Å². The lowest BCUT2D eigenvalue weighted by Gasteiger charge is -2.08. The number of nitrogens with zero attached hydrogens (tertiary/aromatic N) is 1. The smallest absolute Gasteiger partial charge is 0.272 e. The van der Waals surface area contributed by atoms with Gasteiger partial charge < -0.3 is 14.9 Å². The molecule has 1 amide bonds. The highest BCUT2D eigenvalue weighted by atomic mass is 79.9. The van der Waals surface area contributed by atoms with Gasteiger partial charge in [-0.15, -0.1) is 0 Å². The summed E-state index contributed by atoms with van der Waals surface area (Å²) in [6.45, 7) is 0. The Morgan fingerprint density at radius 3 is 2.95 bits per heavy atom. The van der Waals surface area contributed by atoms with E-state index in [2.05, 4.69) is 30.8 Å². The third-order valence-electron chi connectivity index (χ3n) is 3.80. The van der Waals surface area contributed by atoms with E-state index in [1.165, 1.54) is 0 Å². The number of halogens is 1. The molecule has 106 valence electrons. The van der Waals surface area contributed by atoms with Crippen LogP contribution in [0.5, 0.6) is 0 Å². The lowest BCUT2D eigenvalue weighted by atomic mass is 10.2.